The van der Waals surface area contributed by atoms with E-state index in [9.17, 15) is 4.79 Å². The maximum atomic E-state index is 11.8. The predicted octanol–water partition coefficient (Wildman–Crippen LogP) is 4.27. The van der Waals surface area contributed by atoms with E-state index in [2.05, 4.69) is 11.8 Å². The summed E-state index contributed by atoms with van der Waals surface area (Å²) in [5.41, 5.74) is 0.790. The Morgan fingerprint density at radius 1 is 1.19 bits per heavy atom. The van der Waals surface area contributed by atoms with Crippen molar-refractivity contribution in [3.63, 3.8) is 0 Å². The van der Waals surface area contributed by atoms with E-state index in [0.29, 0.717) is 6.42 Å². The number of Topliss-reactive ketones (excluding diaryl/α,β-unsaturated/α-hetero) is 1. The summed E-state index contributed by atoms with van der Waals surface area (Å²) in [4.78, 5) is 14.3. The average Bonchev–Trinajstić information content (AvgIpc) is 2.50. The van der Waals surface area contributed by atoms with Gasteiger partial charge in [-0.05, 0) is 56.4 Å². The highest BCUT2D eigenvalue weighted by Crippen LogP contribution is 2.22. The molecule has 2 rings (SSSR count). The van der Waals surface area contributed by atoms with Gasteiger partial charge in [0.1, 0.15) is 5.75 Å². The van der Waals surface area contributed by atoms with Crippen molar-refractivity contribution in [2.75, 3.05) is 13.1 Å². The first-order valence-corrected chi connectivity index (χ1v) is 8.28. The summed E-state index contributed by atoms with van der Waals surface area (Å²) in [5.74, 6) is 1.09. The normalized spacial score (nSPS) is 19.4. The molecular weight excluding hydrogens is 262 g/mol. The lowest BCUT2D eigenvalue weighted by Crippen LogP contribution is -2.43. The smallest absolute Gasteiger partial charge is 0.162 e. The van der Waals surface area contributed by atoms with Crippen molar-refractivity contribution in [1.29, 1.82) is 0 Å². The van der Waals surface area contributed by atoms with Gasteiger partial charge < -0.3 is 4.74 Å². The van der Waals surface area contributed by atoms with Crippen LogP contribution in [0.4, 0.5) is 0 Å². The molecule has 1 aromatic carbocycles. The molecule has 0 N–H and O–H groups in total. The van der Waals surface area contributed by atoms with Gasteiger partial charge in [-0.25, -0.2) is 0 Å². The van der Waals surface area contributed by atoms with Crippen LogP contribution >= 0.6 is 0 Å². The van der Waals surface area contributed by atoms with Crippen molar-refractivity contribution in [3.8, 4) is 5.75 Å². The third-order valence-electron chi connectivity index (χ3n) is 3.99. The first kappa shape index (κ1) is 16.0. The van der Waals surface area contributed by atoms with Gasteiger partial charge in [-0.1, -0.05) is 13.8 Å². The van der Waals surface area contributed by atoms with Crippen molar-refractivity contribution < 1.29 is 9.53 Å². The molecule has 1 aromatic rings. The van der Waals surface area contributed by atoms with Crippen LogP contribution in [0.3, 0.4) is 0 Å². The molecule has 1 aliphatic heterocycles. The lowest BCUT2D eigenvalue weighted by molar-refractivity contribution is -0.00362. The molecule has 3 nitrogen and oxygen atoms in total. The van der Waals surface area contributed by atoms with Crippen LogP contribution in [-0.2, 0) is 0 Å². The number of ether oxygens (including phenoxy) is 1. The van der Waals surface area contributed by atoms with E-state index < -0.39 is 0 Å². The Morgan fingerprint density at radius 3 is 2.62 bits per heavy atom. The third kappa shape index (κ3) is 4.57. The van der Waals surface area contributed by atoms with Crippen LogP contribution in [0.5, 0.6) is 5.75 Å². The van der Waals surface area contributed by atoms with Crippen LogP contribution in [-0.4, -0.2) is 30.0 Å². The molecule has 1 atom stereocenters. The molecular formula is C18H27NO2. The molecule has 0 radical (unpaired) electrons. The minimum absolute atomic E-state index is 0.191. The minimum atomic E-state index is 0.191. The molecule has 1 heterocycles. The molecule has 1 fully saturated rings. The molecule has 0 aromatic heterocycles. The molecule has 1 saturated heterocycles. The van der Waals surface area contributed by atoms with Crippen molar-refractivity contribution in [2.24, 2.45) is 0 Å². The summed E-state index contributed by atoms with van der Waals surface area (Å²) >= 11 is 0. The predicted molar refractivity (Wildman–Crippen MR) is 85.8 cm³/mol. The molecule has 1 unspecified atom stereocenters. The van der Waals surface area contributed by atoms with Crippen LogP contribution < -0.4 is 4.74 Å². The fourth-order valence-corrected chi connectivity index (χ4v) is 2.88. The Morgan fingerprint density at radius 2 is 1.95 bits per heavy atom. The van der Waals surface area contributed by atoms with Gasteiger partial charge in [0.15, 0.2) is 12.0 Å². The fourth-order valence-electron chi connectivity index (χ4n) is 2.88. The quantitative estimate of drug-likeness (QED) is 0.702. The van der Waals surface area contributed by atoms with E-state index in [4.69, 9.17) is 4.74 Å². The standard InChI is InChI=1S/C18H27NO2/c1-3-7-17(20)15-9-11-16(12-10-15)21-18-8-5-6-14-19(18)13-4-2/h9-12,18H,3-8,13-14H2,1-2H3. The Labute approximate surface area is 128 Å². The highest BCUT2D eigenvalue weighted by atomic mass is 16.5. The maximum Gasteiger partial charge on any atom is 0.162 e. The van der Waals surface area contributed by atoms with Crippen molar-refractivity contribution in [3.05, 3.63) is 29.8 Å². The first-order valence-electron chi connectivity index (χ1n) is 8.28. The zero-order valence-corrected chi connectivity index (χ0v) is 13.3. The van der Waals surface area contributed by atoms with E-state index in [-0.39, 0.29) is 12.0 Å². The number of carbonyl (C=O) groups is 1. The summed E-state index contributed by atoms with van der Waals surface area (Å²) in [6.45, 7) is 6.46. The molecule has 116 valence electrons. The first-order chi connectivity index (χ1) is 10.2. The number of nitrogens with zero attached hydrogens (tertiary/aromatic N) is 1. The number of hydrogen-bond donors (Lipinski definition) is 0. The lowest BCUT2D eigenvalue weighted by Gasteiger charge is -2.35. The number of piperidine rings is 1. The molecule has 0 spiro atoms. The molecule has 0 saturated carbocycles. The van der Waals surface area contributed by atoms with Gasteiger partial charge in [-0.2, -0.15) is 0 Å². The van der Waals surface area contributed by atoms with E-state index in [0.717, 1.165) is 43.7 Å². The second-order valence-electron chi connectivity index (χ2n) is 5.80. The second kappa shape index (κ2) is 8.18. The van der Waals surface area contributed by atoms with Gasteiger partial charge >= 0.3 is 0 Å². The van der Waals surface area contributed by atoms with Crippen LogP contribution in [0.2, 0.25) is 0 Å². The van der Waals surface area contributed by atoms with E-state index >= 15 is 0 Å². The Hall–Kier alpha value is -1.35. The number of hydrogen-bond acceptors (Lipinski definition) is 3. The van der Waals surface area contributed by atoms with Gasteiger partial charge in [-0.3, -0.25) is 9.69 Å². The van der Waals surface area contributed by atoms with E-state index in [1.54, 1.807) is 0 Å². The molecule has 0 amide bonds. The Kier molecular flexibility index (Phi) is 6.24. The van der Waals surface area contributed by atoms with Gasteiger partial charge in [-0.15, -0.1) is 0 Å². The average molecular weight is 289 g/mol. The summed E-state index contributed by atoms with van der Waals surface area (Å²) in [6, 6.07) is 7.64. The third-order valence-corrected chi connectivity index (χ3v) is 3.99. The van der Waals surface area contributed by atoms with E-state index in [1.807, 2.05) is 31.2 Å². The van der Waals surface area contributed by atoms with Crippen molar-refractivity contribution in [1.82, 2.24) is 4.90 Å². The van der Waals surface area contributed by atoms with Crippen LogP contribution in [0.15, 0.2) is 24.3 Å². The monoisotopic (exact) mass is 289 g/mol. The van der Waals surface area contributed by atoms with Gasteiger partial charge in [0.25, 0.3) is 0 Å². The summed E-state index contributed by atoms with van der Waals surface area (Å²) in [5, 5.41) is 0. The molecule has 0 bridgehead atoms. The zero-order chi connectivity index (χ0) is 15.1. The summed E-state index contributed by atoms with van der Waals surface area (Å²) in [6.07, 6.45) is 6.46. The van der Waals surface area contributed by atoms with Crippen LogP contribution in [0.1, 0.15) is 62.7 Å². The minimum Gasteiger partial charge on any atom is -0.475 e. The zero-order valence-electron chi connectivity index (χ0n) is 13.3. The second-order valence-corrected chi connectivity index (χ2v) is 5.80. The fraction of sp³-hybridized carbons (Fsp3) is 0.611. The molecule has 3 heteroatoms. The topological polar surface area (TPSA) is 29.5 Å². The highest BCUT2D eigenvalue weighted by Gasteiger charge is 2.23. The largest absolute Gasteiger partial charge is 0.475 e. The van der Waals surface area contributed by atoms with Crippen LogP contribution in [0.25, 0.3) is 0 Å². The number of ketones is 1. The highest BCUT2D eigenvalue weighted by molar-refractivity contribution is 5.96. The summed E-state index contributed by atoms with van der Waals surface area (Å²) in [7, 11) is 0. The number of benzene rings is 1. The van der Waals surface area contributed by atoms with Crippen molar-refractivity contribution in [2.45, 2.75) is 58.6 Å². The molecule has 21 heavy (non-hydrogen) atoms. The van der Waals surface area contributed by atoms with Crippen molar-refractivity contribution >= 4 is 5.78 Å². The SMILES string of the molecule is CCCC(=O)c1ccc(OC2CCCCN2CCC)cc1. The van der Waals surface area contributed by atoms with Gasteiger partial charge in [0, 0.05) is 25.1 Å². The number of rotatable bonds is 7. The molecule has 0 aliphatic carbocycles. The lowest BCUT2D eigenvalue weighted by atomic mass is 10.1. The summed E-state index contributed by atoms with van der Waals surface area (Å²) < 4.78 is 6.13. The molecule has 1 aliphatic rings. The Balaban J connectivity index is 1.97. The van der Waals surface area contributed by atoms with Gasteiger partial charge in [0.2, 0.25) is 0 Å². The van der Waals surface area contributed by atoms with Crippen LogP contribution in [0, 0.1) is 0 Å². The maximum absolute atomic E-state index is 11.8. The number of carbonyl (C=O) groups excluding carboxylic acids is 1. The van der Waals surface area contributed by atoms with E-state index in [1.165, 1.54) is 12.8 Å². The van der Waals surface area contributed by atoms with Gasteiger partial charge in [0.05, 0.1) is 0 Å². The Bertz CT molecular complexity index is 439. The number of likely N-dealkylation sites (tertiary alicyclic amines) is 1.